The summed E-state index contributed by atoms with van der Waals surface area (Å²) in [6.45, 7) is 3.28. The molecule has 0 aliphatic heterocycles. The second kappa shape index (κ2) is 4.65. The fourth-order valence-corrected chi connectivity index (χ4v) is 2.13. The molecule has 0 aliphatic rings. The van der Waals surface area contributed by atoms with Gasteiger partial charge in [-0.05, 0) is 32.0 Å². The number of benzene rings is 1. The highest BCUT2D eigenvalue weighted by molar-refractivity contribution is 6.33. The Morgan fingerprint density at radius 3 is 2.53 bits per heavy atom. The van der Waals surface area contributed by atoms with Gasteiger partial charge in [0.1, 0.15) is 5.60 Å². The SMILES string of the molecule is Cn1c(-c2ccc(C#N)cc2Cl)nnc1C(C)(C)O. The quantitative estimate of drug-likeness (QED) is 0.913. The van der Waals surface area contributed by atoms with E-state index in [4.69, 9.17) is 16.9 Å². The van der Waals surface area contributed by atoms with E-state index in [0.717, 1.165) is 0 Å². The zero-order chi connectivity index (χ0) is 14.2. The van der Waals surface area contributed by atoms with Gasteiger partial charge < -0.3 is 9.67 Å². The summed E-state index contributed by atoms with van der Waals surface area (Å²) in [7, 11) is 1.76. The Labute approximate surface area is 116 Å². The van der Waals surface area contributed by atoms with Crippen LogP contribution in [0.15, 0.2) is 18.2 Å². The Kier molecular flexibility index (Phi) is 3.31. The highest BCUT2D eigenvalue weighted by atomic mass is 35.5. The molecule has 98 valence electrons. The number of hydrogen-bond acceptors (Lipinski definition) is 4. The molecule has 0 aliphatic carbocycles. The first-order valence-corrected chi connectivity index (χ1v) is 6.04. The third-order valence-electron chi connectivity index (χ3n) is 2.76. The Morgan fingerprint density at radius 1 is 1.37 bits per heavy atom. The summed E-state index contributed by atoms with van der Waals surface area (Å²) in [6, 6.07) is 6.99. The molecule has 1 N–H and O–H groups in total. The van der Waals surface area contributed by atoms with Crippen LogP contribution in [-0.2, 0) is 12.6 Å². The van der Waals surface area contributed by atoms with E-state index < -0.39 is 5.60 Å². The number of rotatable bonds is 2. The Balaban J connectivity index is 2.56. The van der Waals surface area contributed by atoms with Gasteiger partial charge in [-0.15, -0.1) is 10.2 Å². The van der Waals surface area contributed by atoms with Gasteiger partial charge in [0.25, 0.3) is 0 Å². The van der Waals surface area contributed by atoms with E-state index in [1.54, 1.807) is 43.7 Å². The molecule has 2 aromatic rings. The van der Waals surface area contributed by atoms with Crippen molar-refractivity contribution >= 4 is 11.6 Å². The molecular formula is C13H13ClN4O. The van der Waals surface area contributed by atoms with Crippen molar-refractivity contribution in [3.63, 3.8) is 0 Å². The van der Waals surface area contributed by atoms with Gasteiger partial charge in [-0.1, -0.05) is 11.6 Å². The summed E-state index contributed by atoms with van der Waals surface area (Å²) in [6.07, 6.45) is 0. The Bertz CT molecular complexity index is 664. The van der Waals surface area contributed by atoms with Crippen LogP contribution >= 0.6 is 11.6 Å². The van der Waals surface area contributed by atoms with Gasteiger partial charge in [-0.3, -0.25) is 0 Å². The van der Waals surface area contributed by atoms with E-state index in [1.807, 2.05) is 6.07 Å². The van der Waals surface area contributed by atoms with Crippen molar-refractivity contribution in [2.24, 2.45) is 7.05 Å². The molecule has 0 saturated heterocycles. The van der Waals surface area contributed by atoms with Crippen molar-refractivity contribution < 1.29 is 5.11 Å². The van der Waals surface area contributed by atoms with E-state index in [1.165, 1.54) is 0 Å². The second-order valence-corrected chi connectivity index (χ2v) is 5.18. The van der Waals surface area contributed by atoms with Gasteiger partial charge in [0, 0.05) is 12.6 Å². The minimum atomic E-state index is -1.08. The molecule has 19 heavy (non-hydrogen) atoms. The summed E-state index contributed by atoms with van der Waals surface area (Å²) in [5.41, 5.74) is 0.0730. The molecule has 0 saturated carbocycles. The van der Waals surface area contributed by atoms with E-state index in [2.05, 4.69) is 10.2 Å². The molecule has 0 radical (unpaired) electrons. The van der Waals surface area contributed by atoms with Crippen LogP contribution in [-0.4, -0.2) is 19.9 Å². The predicted molar refractivity (Wildman–Crippen MR) is 71.4 cm³/mol. The minimum Gasteiger partial charge on any atom is -0.382 e. The fourth-order valence-electron chi connectivity index (χ4n) is 1.86. The molecular weight excluding hydrogens is 264 g/mol. The monoisotopic (exact) mass is 276 g/mol. The van der Waals surface area contributed by atoms with Crippen molar-refractivity contribution in [1.82, 2.24) is 14.8 Å². The molecule has 5 nitrogen and oxygen atoms in total. The molecule has 0 unspecified atom stereocenters. The lowest BCUT2D eigenvalue weighted by atomic mass is 10.1. The lowest BCUT2D eigenvalue weighted by molar-refractivity contribution is 0.0655. The largest absolute Gasteiger partial charge is 0.382 e. The highest BCUT2D eigenvalue weighted by Crippen LogP contribution is 2.29. The standard InChI is InChI=1S/C13H13ClN4O/c1-13(2,19)12-17-16-11(18(12)3)9-5-4-8(7-15)6-10(9)14/h4-6,19H,1-3H3. The first-order chi connectivity index (χ1) is 8.84. The van der Waals surface area contributed by atoms with E-state index in [-0.39, 0.29) is 0 Å². The molecule has 1 aromatic carbocycles. The number of hydrogen-bond donors (Lipinski definition) is 1. The van der Waals surface area contributed by atoms with Gasteiger partial charge in [-0.25, -0.2) is 0 Å². The first-order valence-electron chi connectivity index (χ1n) is 5.67. The smallest absolute Gasteiger partial charge is 0.165 e. The van der Waals surface area contributed by atoms with E-state index >= 15 is 0 Å². The summed E-state index contributed by atoms with van der Waals surface area (Å²) >= 11 is 6.14. The van der Waals surface area contributed by atoms with Crippen LogP contribution in [0.5, 0.6) is 0 Å². The number of aliphatic hydroxyl groups is 1. The lowest BCUT2D eigenvalue weighted by Gasteiger charge is -2.16. The molecule has 2 rings (SSSR count). The molecule has 6 heteroatoms. The zero-order valence-corrected chi connectivity index (χ0v) is 11.6. The van der Waals surface area contributed by atoms with Crippen molar-refractivity contribution in [2.45, 2.75) is 19.4 Å². The summed E-state index contributed by atoms with van der Waals surface area (Å²) in [5.74, 6) is 0.995. The van der Waals surface area contributed by atoms with Crippen LogP contribution in [0.25, 0.3) is 11.4 Å². The summed E-state index contributed by atoms with van der Waals surface area (Å²) in [5, 5.41) is 27.3. The van der Waals surface area contributed by atoms with Crippen molar-refractivity contribution in [3.8, 4) is 17.5 Å². The van der Waals surface area contributed by atoms with Crippen molar-refractivity contribution in [2.75, 3.05) is 0 Å². The second-order valence-electron chi connectivity index (χ2n) is 4.77. The highest BCUT2D eigenvalue weighted by Gasteiger charge is 2.25. The van der Waals surface area contributed by atoms with E-state index in [9.17, 15) is 5.11 Å². The molecule has 1 aromatic heterocycles. The first kappa shape index (κ1) is 13.5. The van der Waals surface area contributed by atoms with Gasteiger partial charge in [0.2, 0.25) is 0 Å². The fraction of sp³-hybridized carbons (Fsp3) is 0.308. The maximum absolute atomic E-state index is 9.98. The molecule has 0 bridgehead atoms. The number of nitrogens with zero attached hydrogens (tertiary/aromatic N) is 4. The minimum absolute atomic E-state index is 0.428. The predicted octanol–water partition coefficient (Wildman–Crippen LogP) is 2.23. The molecule has 1 heterocycles. The molecule has 0 fully saturated rings. The average molecular weight is 277 g/mol. The lowest BCUT2D eigenvalue weighted by Crippen LogP contribution is -2.21. The number of aromatic nitrogens is 3. The summed E-state index contributed by atoms with van der Waals surface area (Å²) < 4.78 is 1.69. The number of nitriles is 1. The zero-order valence-electron chi connectivity index (χ0n) is 10.8. The third kappa shape index (κ3) is 2.46. The average Bonchev–Trinajstić information content (AvgIpc) is 2.70. The third-order valence-corrected chi connectivity index (χ3v) is 3.07. The molecule has 0 amide bonds. The maximum Gasteiger partial charge on any atom is 0.165 e. The van der Waals surface area contributed by atoms with Crippen LogP contribution < -0.4 is 0 Å². The van der Waals surface area contributed by atoms with Crippen molar-refractivity contribution in [1.29, 1.82) is 5.26 Å². The van der Waals surface area contributed by atoms with Crippen LogP contribution in [0.2, 0.25) is 5.02 Å². The van der Waals surface area contributed by atoms with Gasteiger partial charge >= 0.3 is 0 Å². The summed E-state index contributed by atoms with van der Waals surface area (Å²) in [4.78, 5) is 0. The Morgan fingerprint density at radius 2 is 2.05 bits per heavy atom. The normalized spacial score (nSPS) is 11.4. The maximum atomic E-state index is 9.98. The Hall–Kier alpha value is -1.90. The van der Waals surface area contributed by atoms with Crippen LogP contribution in [0.1, 0.15) is 25.2 Å². The molecule has 0 spiro atoms. The van der Waals surface area contributed by atoms with Crippen molar-refractivity contribution in [3.05, 3.63) is 34.6 Å². The van der Waals surface area contributed by atoms with Gasteiger partial charge in [-0.2, -0.15) is 5.26 Å². The van der Waals surface area contributed by atoms with E-state index in [0.29, 0.717) is 27.8 Å². The number of halogens is 1. The van der Waals surface area contributed by atoms with Gasteiger partial charge in [0.15, 0.2) is 11.6 Å². The van der Waals surface area contributed by atoms with Gasteiger partial charge in [0.05, 0.1) is 16.7 Å². The van der Waals surface area contributed by atoms with Crippen LogP contribution in [0, 0.1) is 11.3 Å². The van der Waals surface area contributed by atoms with Crippen LogP contribution in [0.4, 0.5) is 0 Å². The molecule has 0 atom stereocenters. The topological polar surface area (TPSA) is 74.7 Å². The van der Waals surface area contributed by atoms with Crippen LogP contribution in [0.3, 0.4) is 0 Å².